The second-order valence-electron chi connectivity index (χ2n) is 5.97. The van der Waals surface area contributed by atoms with Crippen molar-refractivity contribution < 1.29 is 9.31 Å². The molecule has 1 aliphatic rings. The quantitative estimate of drug-likeness (QED) is 0.822. The van der Waals surface area contributed by atoms with Gasteiger partial charge in [0.05, 0.1) is 11.2 Å². The van der Waals surface area contributed by atoms with Crippen molar-refractivity contribution in [3.8, 4) is 6.07 Å². The summed E-state index contributed by atoms with van der Waals surface area (Å²) in [6, 6.07) is 3.98. The van der Waals surface area contributed by atoms with E-state index in [9.17, 15) is 5.26 Å². The van der Waals surface area contributed by atoms with Crippen molar-refractivity contribution in [3.63, 3.8) is 0 Å². The minimum Gasteiger partial charge on any atom is -0.399 e. The molecule has 0 amide bonds. The van der Waals surface area contributed by atoms with E-state index in [2.05, 4.69) is 11.1 Å². The molecule has 1 aliphatic heterocycles. The number of pyridine rings is 1. The Morgan fingerprint density at radius 3 is 2.40 bits per heavy atom. The largest absolute Gasteiger partial charge is 0.498 e. The van der Waals surface area contributed by atoms with Crippen LogP contribution in [0.3, 0.4) is 0 Å². The maximum atomic E-state index is 9.28. The molecule has 1 fully saturated rings. The Morgan fingerprint density at radius 2 is 1.90 bits per heavy atom. The zero-order valence-electron chi connectivity index (χ0n) is 12.4. The Morgan fingerprint density at radius 1 is 1.30 bits per heavy atom. The lowest BCUT2D eigenvalue weighted by Crippen LogP contribution is -2.41. The molecule has 0 unspecified atom stereocenters. The van der Waals surface area contributed by atoms with E-state index in [0.717, 1.165) is 5.56 Å². The molecule has 1 aromatic rings. The molecule has 5 nitrogen and oxygen atoms in total. The van der Waals surface area contributed by atoms with E-state index in [1.807, 2.05) is 33.8 Å². The van der Waals surface area contributed by atoms with Gasteiger partial charge in [-0.1, -0.05) is 0 Å². The molecule has 2 heterocycles. The molecule has 2 N–H and O–H groups in total. The highest BCUT2D eigenvalue weighted by atomic mass is 16.7. The molecule has 106 valence electrons. The van der Waals surface area contributed by atoms with Crippen molar-refractivity contribution >= 4 is 12.6 Å². The fourth-order valence-corrected chi connectivity index (χ4v) is 2.20. The Labute approximate surface area is 120 Å². The van der Waals surface area contributed by atoms with Gasteiger partial charge in [0.15, 0.2) is 0 Å². The predicted molar refractivity (Wildman–Crippen MR) is 77.4 cm³/mol. The fourth-order valence-electron chi connectivity index (χ4n) is 2.20. The Balaban J connectivity index is 2.46. The van der Waals surface area contributed by atoms with Gasteiger partial charge in [-0.15, -0.1) is 0 Å². The van der Waals surface area contributed by atoms with E-state index < -0.39 is 18.3 Å². The smallest absolute Gasteiger partial charge is 0.399 e. The number of nitrogens with zero attached hydrogens (tertiary/aromatic N) is 2. The second-order valence-corrected chi connectivity index (χ2v) is 5.97. The van der Waals surface area contributed by atoms with Crippen LogP contribution in [0.2, 0.25) is 0 Å². The van der Waals surface area contributed by atoms with Crippen LogP contribution in [0.4, 0.5) is 0 Å². The standard InChI is InChI=1S/C14H20BN3O2/c1-13(2)14(3,4)20-15(19-13)12-10(5-7-16)6-8-18-11(12)9-17/h6,8H,5,7,16H2,1-4H3. The molecule has 2 rings (SSSR count). The first-order valence-corrected chi connectivity index (χ1v) is 6.76. The molecular weight excluding hydrogens is 253 g/mol. The lowest BCUT2D eigenvalue weighted by Gasteiger charge is -2.32. The lowest BCUT2D eigenvalue weighted by molar-refractivity contribution is 0.00578. The van der Waals surface area contributed by atoms with Gasteiger partial charge in [0.25, 0.3) is 0 Å². The Bertz CT molecular complexity index is 536. The van der Waals surface area contributed by atoms with E-state index >= 15 is 0 Å². The summed E-state index contributed by atoms with van der Waals surface area (Å²) in [7, 11) is -0.579. The highest BCUT2D eigenvalue weighted by Crippen LogP contribution is 2.36. The third kappa shape index (κ3) is 2.45. The average Bonchev–Trinajstić information content (AvgIpc) is 2.58. The first-order valence-electron chi connectivity index (χ1n) is 6.76. The topological polar surface area (TPSA) is 81.2 Å². The molecule has 1 saturated heterocycles. The van der Waals surface area contributed by atoms with Crippen LogP contribution in [-0.2, 0) is 15.7 Å². The molecule has 0 aliphatic carbocycles. The molecule has 1 aromatic heterocycles. The summed E-state index contributed by atoms with van der Waals surface area (Å²) in [6.45, 7) is 8.44. The SMILES string of the molecule is CC1(C)OB(c2c(CCN)ccnc2C#N)OC1(C)C. The molecule has 0 aromatic carbocycles. The van der Waals surface area contributed by atoms with E-state index in [1.54, 1.807) is 6.20 Å². The minimum absolute atomic E-state index is 0.342. The van der Waals surface area contributed by atoms with E-state index in [1.165, 1.54) is 0 Å². The number of rotatable bonds is 3. The van der Waals surface area contributed by atoms with E-state index in [-0.39, 0.29) is 0 Å². The van der Waals surface area contributed by atoms with Gasteiger partial charge in [0.1, 0.15) is 11.8 Å². The highest BCUT2D eigenvalue weighted by Gasteiger charge is 2.53. The van der Waals surface area contributed by atoms with Crippen LogP contribution in [0.15, 0.2) is 12.3 Å². The lowest BCUT2D eigenvalue weighted by atomic mass is 9.74. The minimum atomic E-state index is -0.579. The molecule has 0 atom stereocenters. The highest BCUT2D eigenvalue weighted by molar-refractivity contribution is 6.63. The van der Waals surface area contributed by atoms with Gasteiger partial charge in [0.2, 0.25) is 0 Å². The molecule has 0 radical (unpaired) electrons. The van der Waals surface area contributed by atoms with Crippen LogP contribution < -0.4 is 11.2 Å². The third-order valence-electron chi connectivity index (χ3n) is 4.09. The predicted octanol–water partition coefficient (Wildman–Crippen LogP) is 0.754. The first-order chi connectivity index (χ1) is 9.32. The van der Waals surface area contributed by atoms with Crippen molar-refractivity contribution in [1.82, 2.24) is 4.98 Å². The fraction of sp³-hybridized carbons (Fsp3) is 0.571. The Kier molecular flexibility index (Phi) is 3.87. The van der Waals surface area contributed by atoms with Crippen LogP contribution in [0, 0.1) is 11.3 Å². The molecule has 20 heavy (non-hydrogen) atoms. The molecule has 0 bridgehead atoms. The number of hydrogen-bond acceptors (Lipinski definition) is 5. The zero-order valence-corrected chi connectivity index (χ0v) is 12.4. The number of aromatic nitrogens is 1. The summed E-state index contributed by atoms with van der Waals surface area (Å²) in [6.07, 6.45) is 2.29. The molecule has 0 saturated carbocycles. The number of hydrogen-bond donors (Lipinski definition) is 1. The maximum Gasteiger partial charge on any atom is 0.498 e. The Hall–Kier alpha value is -1.42. The van der Waals surface area contributed by atoms with Crippen LogP contribution in [0.1, 0.15) is 39.0 Å². The molecule has 6 heteroatoms. The van der Waals surface area contributed by atoms with E-state index in [0.29, 0.717) is 24.1 Å². The van der Waals surface area contributed by atoms with Crippen molar-refractivity contribution in [1.29, 1.82) is 5.26 Å². The molecule has 0 spiro atoms. The second kappa shape index (κ2) is 5.17. The van der Waals surface area contributed by atoms with Gasteiger partial charge in [0, 0.05) is 11.7 Å². The summed E-state index contributed by atoms with van der Waals surface area (Å²) in [5, 5.41) is 9.28. The summed E-state index contributed by atoms with van der Waals surface area (Å²) in [5.74, 6) is 0. The first kappa shape index (κ1) is 15.0. The van der Waals surface area contributed by atoms with Crippen molar-refractivity contribution in [2.24, 2.45) is 5.73 Å². The van der Waals surface area contributed by atoms with Gasteiger partial charge in [-0.05, 0) is 52.3 Å². The maximum absolute atomic E-state index is 9.28. The number of nitrogens with two attached hydrogens (primary N) is 1. The number of nitriles is 1. The normalized spacial score (nSPS) is 19.9. The van der Waals surface area contributed by atoms with Crippen LogP contribution in [0.25, 0.3) is 0 Å². The van der Waals surface area contributed by atoms with Crippen LogP contribution in [-0.4, -0.2) is 29.8 Å². The van der Waals surface area contributed by atoms with Crippen molar-refractivity contribution in [2.45, 2.75) is 45.3 Å². The average molecular weight is 273 g/mol. The summed E-state index contributed by atoms with van der Waals surface area (Å²) >= 11 is 0. The van der Waals surface area contributed by atoms with Gasteiger partial charge >= 0.3 is 7.12 Å². The van der Waals surface area contributed by atoms with Crippen LogP contribution in [0.5, 0.6) is 0 Å². The van der Waals surface area contributed by atoms with Gasteiger partial charge in [-0.25, -0.2) is 4.98 Å². The van der Waals surface area contributed by atoms with Gasteiger partial charge in [-0.2, -0.15) is 5.26 Å². The summed E-state index contributed by atoms with van der Waals surface area (Å²) < 4.78 is 12.1. The zero-order chi connectivity index (χ0) is 15.0. The van der Waals surface area contributed by atoms with Gasteiger partial charge < -0.3 is 15.0 Å². The summed E-state index contributed by atoms with van der Waals surface area (Å²) in [4.78, 5) is 4.12. The van der Waals surface area contributed by atoms with E-state index in [4.69, 9.17) is 15.0 Å². The van der Waals surface area contributed by atoms with Gasteiger partial charge in [-0.3, -0.25) is 0 Å². The summed E-state index contributed by atoms with van der Waals surface area (Å²) in [5.41, 5.74) is 6.76. The third-order valence-corrected chi connectivity index (χ3v) is 4.09. The van der Waals surface area contributed by atoms with Crippen molar-refractivity contribution in [2.75, 3.05) is 6.54 Å². The van der Waals surface area contributed by atoms with Crippen molar-refractivity contribution in [3.05, 3.63) is 23.5 Å². The monoisotopic (exact) mass is 273 g/mol. The van der Waals surface area contributed by atoms with Crippen LogP contribution >= 0.6 is 0 Å². The molecular formula is C14H20BN3O2.